The molecule has 0 saturated heterocycles. The molecule has 0 radical (unpaired) electrons. The number of aryl methyl sites for hydroxylation is 2. The number of benzene rings is 2. The number of thiophene rings is 1. The average Bonchev–Trinajstić information content (AvgIpc) is 3.62. The first-order valence-electron chi connectivity index (χ1n) is 13.5. The summed E-state index contributed by atoms with van der Waals surface area (Å²) in [6.45, 7) is 12.0. The van der Waals surface area contributed by atoms with Gasteiger partial charge in [0.2, 0.25) is 0 Å². The highest BCUT2D eigenvalue weighted by Crippen LogP contribution is 2.32. The van der Waals surface area contributed by atoms with Crippen LogP contribution in [-0.2, 0) is 18.5 Å². The number of hydrogen-bond donors (Lipinski definition) is 1. The van der Waals surface area contributed by atoms with Crippen molar-refractivity contribution in [2.75, 3.05) is 6.54 Å². The van der Waals surface area contributed by atoms with Crippen LogP contribution >= 0.6 is 11.3 Å². The van der Waals surface area contributed by atoms with E-state index in [0.717, 1.165) is 35.9 Å². The van der Waals surface area contributed by atoms with Gasteiger partial charge in [0, 0.05) is 29.0 Å². The summed E-state index contributed by atoms with van der Waals surface area (Å²) >= 11 is 1.72. The zero-order chi connectivity index (χ0) is 27.6. The smallest absolute Gasteiger partial charge is 0.253 e. The van der Waals surface area contributed by atoms with Crippen molar-refractivity contribution in [1.82, 2.24) is 30.1 Å². The lowest BCUT2D eigenvalue weighted by Crippen LogP contribution is -2.39. The molecule has 7 nitrogen and oxygen atoms in total. The van der Waals surface area contributed by atoms with E-state index >= 15 is 0 Å². The van der Waals surface area contributed by atoms with E-state index in [2.05, 4.69) is 108 Å². The van der Waals surface area contributed by atoms with Crippen LogP contribution in [0.25, 0.3) is 10.9 Å². The maximum absolute atomic E-state index is 13.8. The van der Waals surface area contributed by atoms with Crippen molar-refractivity contribution in [3.63, 3.8) is 0 Å². The van der Waals surface area contributed by atoms with Gasteiger partial charge >= 0.3 is 0 Å². The normalized spacial score (nSPS) is 12.9. The Morgan fingerprint density at radius 1 is 1.05 bits per heavy atom. The van der Waals surface area contributed by atoms with Gasteiger partial charge in [-0.3, -0.25) is 9.69 Å². The Morgan fingerprint density at radius 3 is 2.54 bits per heavy atom. The zero-order valence-corrected chi connectivity index (χ0v) is 24.1. The van der Waals surface area contributed by atoms with Gasteiger partial charge in [-0.1, -0.05) is 43.3 Å². The summed E-state index contributed by atoms with van der Waals surface area (Å²) < 4.78 is 1.91. The Bertz CT molecular complexity index is 1600. The summed E-state index contributed by atoms with van der Waals surface area (Å²) in [5.74, 6) is 0.681. The standard InChI is InChI=1S/C31H36N6OS/c1-6-31(4,5)37-29(33-34-35-37)28(26-19-24-17-21(2)22(3)18-27(24)32-30(26)38)36(20-25-13-10-16-39-25)15-14-23-11-8-7-9-12-23/h7-13,16-19,28H,6,14-15,20H2,1-5H3,(H,32,38). The van der Waals surface area contributed by atoms with Gasteiger partial charge in [0.1, 0.15) is 6.04 Å². The van der Waals surface area contributed by atoms with Gasteiger partial charge in [0.15, 0.2) is 5.82 Å². The lowest BCUT2D eigenvalue weighted by molar-refractivity contribution is 0.191. The second-order valence-corrected chi connectivity index (χ2v) is 11.9. The molecule has 39 heavy (non-hydrogen) atoms. The first-order chi connectivity index (χ1) is 18.8. The third-order valence-corrected chi connectivity index (χ3v) is 8.65. The first kappa shape index (κ1) is 27.0. The van der Waals surface area contributed by atoms with E-state index in [0.29, 0.717) is 17.9 Å². The van der Waals surface area contributed by atoms with Crippen LogP contribution in [0.2, 0.25) is 0 Å². The van der Waals surface area contributed by atoms with Crippen molar-refractivity contribution in [3.05, 3.63) is 109 Å². The third-order valence-electron chi connectivity index (χ3n) is 7.79. The van der Waals surface area contributed by atoms with Crippen LogP contribution in [0.1, 0.15) is 66.2 Å². The molecule has 0 aliphatic carbocycles. The number of nitrogens with one attached hydrogen (secondary N) is 1. The highest BCUT2D eigenvalue weighted by atomic mass is 32.1. The van der Waals surface area contributed by atoms with Crippen LogP contribution in [0.15, 0.2) is 70.8 Å². The van der Waals surface area contributed by atoms with Gasteiger partial charge in [-0.15, -0.1) is 16.4 Å². The number of aromatic nitrogens is 5. The zero-order valence-electron chi connectivity index (χ0n) is 23.3. The number of nitrogens with zero attached hydrogens (tertiary/aromatic N) is 5. The molecule has 3 aromatic heterocycles. The first-order valence-corrected chi connectivity index (χ1v) is 14.4. The summed E-state index contributed by atoms with van der Waals surface area (Å²) in [4.78, 5) is 20.6. The molecule has 0 aliphatic heterocycles. The largest absolute Gasteiger partial charge is 0.322 e. The molecule has 0 aliphatic rings. The number of H-pyrrole nitrogens is 1. The lowest BCUT2D eigenvalue weighted by Gasteiger charge is -2.33. The third kappa shape index (κ3) is 5.72. The fourth-order valence-electron chi connectivity index (χ4n) is 4.96. The minimum Gasteiger partial charge on any atom is -0.322 e. The van der Waals surface area contributed by atoms with Crippen molar-refractivity contribution in [2.24, 2.45) is 0 Å². The number of tetrazole rings is 1. The predicted octanol–water partition coefficient (Wildman–Crippen LogP) is 6.17. The highest BCUT2D eigenvalue weighted by Gasteiger charge is 2.34. The summed E-state index contributed by atoms with van der Waals surface area (Å²) in [5.41, 5.74) is 4.65. The van der Waals surface area contributed by atoms with Crippen molar-refractivity contribution >= 4 is 22.2 Å². The van der Waals surface area contributed by atoms with Crippen molar-refractivity contribution in [1.29, 1.82) is 0 Å². The molecule has 2 aromatic carbocycles. The van der Waals surface area contributed by atoms with Crippen LogP contribution in [0.4, 0.5) is 0 Å². The van der Waals surface area contributed by atoms with E-state index in [1.807, 2.05) is 22.9 Å². The van der Waals surface area contributed by atoms with E-state index in [-0.39, 0.29) is 11.1 Å². The Morgan fingerprint density at radius 2 is 1.82 bits per heavy atom. The van der Waals surface area contributed by atoms with E-state index in [1.54, 1.807) is 11.3 Å². The molecular formula is C31H36N6OS. The SMILES string of the molecule is CCC(C)(C)n1nnnc1C(c1cc2cc(C)c(C)cc2[nH]c1=O)N(CCc1ccccc1)Cc1cccs1. The van der Waals surface area contributed by atoms with Crippen molar-refractivity contribution in [3.8, 4) is 0 Å². The molecule has 0 amide bonds. The molecule has 0 spiro atoms. The highest BCUT2D eigenvalue weighted by molar-refractivity contribution is 7.09. The van der Waals surface area contributed by atoms with Crippen LogP contribution in [0.5, 0.6) is 0 Å². The molecule has 1 atom stereocenters. The van der Waals surface area contributed by atoms with Crippen molar-refractivity contribution in [2.45, 2.75) is 65.6 Å². The maximum atomic E-state index is 13.8. The summed E-state index contributed by atoms with van der Waals surface area (Å²) in [6, 6.07) is 20.5. The van der Waals surface area contributed by atoms with Gasteiger partial charge < -0.3 is 4.98 Å². The quantitative estimate of drug-likeness (QED) is 0.229. The topological polar surface area (TPSA) is 79.7 Å². The average molecular weight is 541 g/mol. The number of fused-ring (bicyclic) bond motifs is 1. The van der Waals surface area contributed by atoms with Crippen LogP contribution < -0.4 is 5.56 Å². The Hall–Kier alpha value is -3.62. The molecule has 1 unspecified atom stereocenters. The number of rotatable bonds is 10. The minimum absolute atomic E-state index is 0.115. The fraction of sp³-hybridized carbons (Fsp3) is 0.355. The molecule has 5 aromatic rings. The molecule has 3 heterocycles. The maximum Gasteiger partial charge on any atom is 0.253 e. The van der Waals surface area contributed by atoms with E-state index in [9.17, 15) is 4.79 Å². The van der Waals surface area contributed by atoms with Crippen LogP contribution in [0.3, 0.4) is 0 Å². The summed E-state index contributed by atoms with van der Waals surface area (Å²) in [6.07, 6.45) is 1.69. The molecule has 0 bridgehead atoms. The monoisotopic (exact) mass is 540 g/mol. The number of hydrogen-bond acceptors (Lipinski definition) is 6. The van der Waals surface area contributed by atoms with E-state index in [1.165, 1.54) is 16.0 Å². The molecule has 8 heteroatoms. The fourth-order valence-corrected chi connectivity index (χ4v) is 5.69. The molecule has 5 rings (SSSR count). The molecular weight excluding hydrogens is 504 g/mol. The Kier molecular flexibility index (Phi) is 7.77. The summed E-state index contributed by atoms with van der Waals surface area (Å²) in [5, 5.41) is 16.2. The van der Waals surface area contributed by atoms with Crippen LogP contribution in [-0.4, -0.2) is 36.6 Å². The Labute approximate surface area is 233 Å². The molecule has 1 N–H and O–H groups in total. The van der Waals surface area contributed by atoms with Gasteiger partial charge in [0.25, 0.3) is 5.56 Å². The molecule has 0 fully saturated rings. The minimum atomic E-state index is -0.439. The second-order valence-electron chi connectivity index (χ2n) is 10.9. The van der Waals surface area contributed by atoms with Gasteiger partial charge in [-0.25, -0.2) is 4.68 Å². The summed E-state index contributed by atoms with van der Waals surface area (Å²) in [7, 11) is 0. The van der Waals surface area contributed by atoms with E-state index in [4.69, 9.17) is 0 Å². The predicted molar refractivity (Wildman–Crippen MR) is 158 cm³/mol. The van der Waals surface area contributed by atoms with E-state index < -0.39 is 6.04 Å². The van der Waals surface area contributed by atoms with Gasteiger partial charge in [0.05, 0.1) is 5.54 Å². The number of pyridine rings is 1. The Balaban J connectivity index is 1.69. The molecule has 0 saturated carbocycles. The lowest BCUT2D eigenvalue weighted by atomic mass is 9.98. The molecule has 202 valence electrons. The van der Waals surface area contributed by atoms with Crippen LogP contribution in [0, 0.1) is 13.8 Å². The van der Waals surface area contributed by atoms with Gasteiger partial charge in [-0.05, 0) is 103 Å². The second kappa shape index (κ2) is 11.2. The number of aromatic amines is 1. The van der Waals surface area contributed by atoms with Crippen molar-refractivity contribution < 1.29 is 0 Å². The van der Waals surface area contributed by atoms with Gasteiger partial charge in [-0.2, -0.15) is 0 Å².